The van der Waals surface area contributed by atoms with E-state index >= 15 is 0 Å². The predicted molar refractivity (Wildman–Crippen MR) is 96.9 cm³/mol. The van der Waals surface area contributed by atoms with Crippen LogP contribution in [0, 0.1) is 5.92 Å². The highest BCUT2D eigenvalue weighted by atomic mass is 32.2. The summed E-state index contributed by atoms with van der Waals surface area (Å²) in [6.07, 6.45) is 1.71. The minimum atomic E-state index is -3.38. The van der Waals surface area contributed by atoms with Crippen molar-refractivity contribution in [1.82, 2.24) is 14.5 Å². The summed E-state index contributed by atoms with van der Waals surface area (Å²) >= 11 is 1.29. The van der Waals surface area contributed by atoms with E-state index < -0.39 is 10.0 Å². The lowest BCUT2D eigenvalue weighted by Gasteiger charge is -2.17. The zero-order valence-electron chi connectivity index (χ0n) is 14.6. The maximum atomic E-state index is 12.5. The van der Waals surface area contributed by atoms with E-state index in [1.807, 2.05) is 24.8 Å². The van der Waals surface area contributed by atoms with Crippen LogP contribution in [0.3, 0.4) is 0 Å². The minimum Gasteiger partial charge on any atom is -0.338 e. The molecule has 1 aromatic rings. The van der Waals surface area contributed by atoms with E-state index in [4.69, 9.17) is 0 Å². The third-order valence-corrected chi connectivity index (χ3v) is 7.96. The highest BCUT2D eigenvalue weighted by Gasteiger charge is 2.24. The number of urea groups is 1. The van der Waals surface area contributed by atoms with Gasteiger partial charge in [0.05, 0.1) is 0 Å². The van der Waals surface area contributed by atoms with Gasteiger partial charge in [-0.25, -0.2) is 13.2 Å². The zero-order valence-corrected chi connectivity index (χ0v) is 16.3. The monoisotopic (exact) mass is 373 g/mol. The van der Waals surface area contributed by atoms with Gasteiger partial charge in [-0.2, -0.15) is 4.31 Å². The normalized spacial score (nSPS) is 18.3. The van der Waals surface area contributed by atoms with Crippen molar-refractivity contribution in [1.29, 1.82) is 0 Å². The molecule has 1 saturated heterocycles. The van der Waals surface area contributed by atoms with Crippen LogP contribution in [0.5, 0.6) is 0 Å². The molecular weight excluding hydrogens is 346 g/mol. The molecule has 0 radical (unpaired) electrons. The first-order valence-electron chi connectivity index (χ1n) is 8.50. The Bertz CT molecular complexity index is 653. The summed E-state index contributed by atoms with van der Waals surface area (Å²) in [5, 5.41) is 2.92. The van der Waals surface area contributed by atoms with Crippen molar-refractivity contribution < 1.29 is 13.2 Å². The lowest BCUT2D eigenvalue weighted by atomic mass is 10.2. The second-order valence-corrected chi connectivity index (χ2v) is 9.46. The zero-order chi connectivity index (χ0) is 17.7. The van der Waals surface area contributed by atoms with Crippen molar-refractivity contribution >= 4 is 27.4 Å². The molecule has 2 heterocycles. The third-order valence-electron chi connectivity index (χ3n) is 4.30. The Morgan fingerprint density at radius 1 is 1.38 bits per heavy atom. The van der Waals surface area contributed by atoms with Gasteiger partial charge in [-0.05, 0) is 30.9 Å². The van der Waals surface area contributed by atoms with Gasteiger partial charge in [-0.3, -0.25) is 0 Å². The fourth-order valence-corrected chi connectivity index (χ4v) is 5.81. The van der Waals surface area contributed by atoms with Crippen molar-refractivity contribution in [3.05, 3.63) is 17.0 Å². The van der Waals surface area contributed by atoms with Gasteiger partial charge in [0.25, 0.3) is 10.0 Å². The van der Waals surface area contributed by atoms with Gasteiger partial charge in [0.2, 0.25) is 0 Å². The first kappa shape index (κ1) is 19.2. The van der Waals surface area contributed by atoms with Crippen molar-refractivity contribution in [2.24, 2.45) is 5.92 Å². The lowest BCUT2D eigenvalue weighted by molar-refractivity contribution is 0.207. The summed E-state index contributed by atoms with van der Waals surface area (Å²) in [7, 11) is -3.38. The molecule has 1 aliphatic rings. The molecule has 136 valence electrons. The molecule has 0 spiro atoms. The average molecular weight is 374 g/mol. The number of sulfonamides is 1. The van der Waals surface area contributed by atoms with Crippen molar-refractivity contribution in [2.45, 2.75) is 37.8 Å². The van der Waals surface area contributed by atoms with Crippen LogP contribution in [0.15, 0.2) is 16.3 Å². The molecule has 0 aromatic carbocycles. The molecule has 1 atom stereocenters. The van der Waals surface area contributed by atoms with Crippen LogP contribution in [0.1, 0.15) is 32.1 Å². The number of amides is 2. The average Bonchev–Trinajstić information content (AvgIpc) is 3.17. The van der Waals surface area contributed by atoms with Crippen molar-refractivity contribution in [3.8, 4) is 0 Å². The van der Waals surface area contributed by atoms with Crippen LogP contribution in [0.25, 0.3) is 0 Å². The fraction of sp³-hybridized carbons (Fsp3) is 0.688. The number of carbonyl (C=O) groups is 1. The first-order chi connectivity index (χ1) is 11.4. The second kappa shape index (κ2) is 8.31. The summed E-state index contributed by atoms with van der Waals surface area (Å²) in [5.74, 6) is 0.570. The van der Waals surface area contributed by atoms with Crippen molar-refractivity contribution in [3.63, 3.8) is 0 Å². The van der Waals surface area contributed by atoms with Gasteiger partial charge in [0, 0.05) is 37.6 Å². The van der Waals surface area contributed by atoms with Crippen LogP contribution in [0.4, 0.5) is 4.79 Å². The molecule has 1 fully saturated rings. The van der Waals surface area contributed by atoms with Gasteiger partial charge in [-0.1, -0.05) is 20.8 Å². The molecule has 1 N–H and O–H groups in total. The van der Waals surface area contributed by atoms with Gasteiger partial charge in [-0.15, -0.1) is 11.3 Å². The molecule has 24 heavy (non-hydrogen) atoms. The first-order valence-corrected chi connectivity index (χ1v) is 10.8. The minimum absolute atomic E-state index is 0.0214. The smallest absolute Gasteiger partial charge is 0.317 e. The molecule has 8 heteroatoms. The second-order valence-electron chi connectivity index (χ2n) is 6.13. The van der Waals surface area contributed by atoms with E-state index in [2.05, 4.69) is 12.2 Å². The summed E-state index contributed by atoms with van der Waals surface area (Å²) < 4.78 is 26.7. The van der Waals surface area contributed by atoms with Crippen LogP contribution in [-0.2, 0) is 16.4 Å². The fourth-order valence-electron chi connectivity index (χ4n) is 2.85. The van der Waals surface area contributed by atoms with E-state index in [1.54, 1.807) is 6.07 Å². The van der Waals surface area contributed by atoms with Crippen LogP contribution >= 0.6 is 11.3 Å². The highest BCUT2D eigenvalue weighted by Crippen LogP contribution is 2.25. The quantitative estimate of drug-likeness (QED) is 0.798. The molecule has 6 nitrogen and oxygen atoms in total. The van der Waals surface area contributed by atoms with E-state index in [0.717, 1.165) is 24.4 Å². The van der Waals surface area contributed by atoms with Gasteiger partial charge in [0.1, 0.15) is 4.21 Å². The maximum absolute atomic E-state index is 12.5. The summed E-state index contributed by atoms with van der Waals surface area (Å²) in [5.41, 5.74) is 0. The Hall–Kier alpha value is -1.12. The van der Waals surface area contributed by atoms with Gasteiger partial charge < -0.3 is 10.2 Å². The Kier molecular flexibility index (Phi) is 6.65. The standard InChI is InChI=1S/C16H27N3O3S2/c1-4-19(5-2)24(21,22)15-7-6-14(23-15)8-10-17-16(20)18-11-9-13(3)12-18/h6-7,13H,4-5,8-12H2,1-3H3,(H,17,20). The molecule has 2 rings (SSSR count). The maximum Gasteiger partial charge on any atom is 0.317 e. The highest BCUT2D eigenvalue weighted by molar-refractivity contribution is 7.91. The van der Waals surface area contributed by atoms with E-state index in [9.17, 15) is 13.2 Å². The number of nitrogens with one attached hydrogen (secondary N) is 1. The summed E-state index contributed by atoms with van der Waals surface area (Å²) in [4.78, 5) is 14.8. The number of nitrogens with zero attached hydrogens (tertiary/aromatic N) is 2. The SMILES string of the molecule is CCN(CC)S(=O)(=O)c1ccc(CCNC(=O)N2CCC(C)C2)s1. The van der Waals surface area contributed by atoms with Gasteiger partial charge in [0.15, 0.2) is 0 Å². The molecule has 0 bridgehead atoms. The Morgan fingerprint density at radius 3 is 2.67 bits per heavy atom. The lowest BCUT2D eigenvalue weighted by Crippen LogP contribution is -2.39. The molecule has 0 saturated carbocycles. The molecule has 2 amide bonds. The predicted octanol–water partition coefficient (Wildman–Crippen LogP) is 2.37. The van der Waals surface area contributed by atoms with E-state index in [1.165, 1.54) is 15.6 Å². The Morgan fingerprint density at radius 2 is 2.08 bits per heavy atom. The van der Waals surface area contributed by atoms with E-state index in [0.29, 0.717) is 36.2 Å². The van der Waals surface area contributed by atoms with Crippen LogP contribution in [-0.4, -0.2) is 56.4 Å². The number of hydrogen-bond donors (Lipinski definition) is 1. The number of thiophene rings is 1. The van der Waals surface area contributed by atoms with Crippen LogP contribution in [0.2, 0.25) is 0 Å². The van der Waals surface area contributed by atoms with Crippen molar-refractivity contribution in [2.75, 3.05) is 32.7 Å². The molecular formula is C16H27N3O3S2. The number of hydrogen-bond acceptors (Lipinski definition) is 4. The largest absolute Gasteiger partial charge is 0.338 e. The Balaban J connectivity index is 1.87. The Labute approximate surface area is 148 Å². The molecule has 1 aromatic heterocycles. The molecule has 0 aliphatic carbocycles. The molecule has 1 aliphatic heterocycles. The number of carbonyl (C=O) groups excluding carboxylic acids is 1. The van der Waals surface area contributed by atoms with E-state index in [-0.39, 0.29) is 6.03 Å². The third kappa shape index (κ3) is 4.49. The van der Waals surface area contributed by atoms with Gasteiger partial charge >= 0.3 is 6.03 Å². The summed E-state index contributed by atoms with van der Waals surface area (Å²) in [6.45, 7) is 8.92. The number of rotatable bonds is 7. The summed E-state index contributed by atoms with van der Waals surface area (Å²) in [6, 6.07) is 3.48. The topological polar surface area (TPSA) is 69.7 Å². The molecule has 1 unspecified atom stereocenters. The number of likely N-dealkylation sites (tertiary alicyclic amines) is 1. The van der Waals surface area contributed by atoms with Crippen LogP contribution < -0.4 is 5.32 Å².